The molecule has 0 heterocycles. The summed E-state index contributed by atoms with van der Waals surface area (Å²) in [5.74, 6) is 0.820. The normalized spacial score (nSPS) is 19.0. The molecule has 1 fully saturated rings. The van der Waals surface area contributed by atoms with Gasteiger partial charge in [0.2, 0.25) is 0 Å². The number of halogens is 1. The van der Waals surface area contributed by atoms with Gasteiger partial charge in [-0.15, -0.1) is 0 Å². The molecule has 1 aliphatic carbocycles. The predicted octanol–water partition coefficient (Wildman–Crippen LogP) is 2.49. The van der Waals surface area contributed by atoms with Gasteiger partial charge in [-0.05, 0) is 56.9 Å². The number of benzene rings is 1. The summed E-state index contributed by atoms with van der Waals surface area (Å²) in [7, 11) is 0. The first kappa shape index (κ1) is 15.3. The third kappa shape index (κ3) is 3.73. The molecule has 0 saturated heterocycles. The van der Waals surface area contributed by atoms with Crippen molar-refractivity contribution in [2.45, 2.75) is 38.3 Å². The summed E-state index contributed by atoms with van der Waals surface area (Å²) in [5, 5.41) is 12.4. The minimum Gasteiger partial charge on any atom is -0.481 e. The van der Waals surface area contributed by atoms with Crippen LogP contribution in [0.25, 0.3) is 0 Å². The highest BCUT2D eigenvalue weighted by molar-refractivity contribution is 9.10. The van der Waals surface area contributed by atoms with Gasteiger partial charge in [-0.1, -0.05) is 15.9 Å². The molecular weight excluding hydrogens is 322 g/mol. The molecule has 1 aromatic rings. The van der Waals surface area contributed by atoms with Gasteiger partial charge in [0.05, 0.1) is 12.1 Å². The van der Waals surface area contributed by atoms with Crippen LogP contribution in [0.4, 0.5) is 0 Å². The number of hydrogen-bond donors (Lipinski definition) is 2. The van der Waals surface area contributed by atoms with Crippen molar-refractivity contribution in [3.05, 3.63) is 28.7 Å². The van der Waals surface area contributed by atoms with Gasteiger partial charge in [-0.3, -0.25) is 4.79 Å². The lowest BCUT2D eigenvalue weighted by Gasteiger charge is -2.30. The summed E-state index contributed by atoms with van der Waals surface area (Å²) in [6.45, 7) is 3.55. The highest BCUT2D eigenvalue weighted by Gasteiger charge is 2.42. The van der Waals surface area contributed by atoms with Gasteiger partial charge < -0.3 is 15.2 Å². The summed E-state index contributed by atoms with van der Waals surface area (Å²) in [6, 6.07) is 7.34. The van der Waals surface area contributed by atoms with Crippen LogP contribution in [-0.4, -0.2) is 29.3 Å². The average molecular weight is 342 g/mol. The van der Waals surface area contributed by atoms with Crippen LogP contribution < -0.4 is 10.1 Å². The first-order valence-corrected chi connectivity index (χ1v) is 7.59. The quantitative estimate of drug-likeness (QED) is 0.835. The summed E-state index contributed by atoms with van der Waals surface area (Å²) in [6.07, 6.45) is 1.51. The number of hydrogen-bond acceptors (Lipinski definition) is 3. The Hall–Kier alpha value is -1.07. The van der Waals surface area contributed by atoms with Gasteiger partial charge in [0.15, 0.2) is 6.10 Å². The second kappa shape index (κ2) is 6.14. The molecule has 0 bridgehead atoms. The van der Waals surface area contributed by atoms with Crippen molar-refractivity contribution in [1.82, 2.24) is 5.32 Å². The lowest BCUT2D eigenvalue weighted by Crippen LogP contribution is -2.54. The number of rotatable bonds is 6. The van der Waals surface area contributed by atoms with E-state index in [-0.39, 0.29) is 12.5 Å². The molecule has 2 unspecified atom stereocenters. The molecule has 2 rings (SSSR count). The number of amides is 1. The molecule has 0 radical (unpaired) electrons. The molecule has 2 N–H and O–H groups in total. The maximum absolute atomic E-state index is 12.2. The van der Waals surface area contributed by atoms with Crippen LogP contribution in [0.5, 0.6) is 5.75 Å². The SMILES string of the molecule is CC(Oc1ccc(Br)cc1)C(=O)NC(C)(CO)C1CC1. The fourth-order valence-corrected chi connectivity index (χ4v) is 2.41. The molecule has 1 saturated carbocycles. The van der Waals surface area contributed by atoms with E-state index in [1.807, 2.05) is 19.1 Å². The molecule has 4 nitrogen and oxygen atoms in total. The molecular formula is C15H20BrNO3. The number of aliphatic hydroxyl groups is 1. The van der Waals surface area contributed by atoms with Crippen molar-refractivity contribution >= 4 is 21.8 Å². The maximum Gasteiger partial charge on any atom is 0.261 e. The van der Waals surface area contributed by atoms with Crippen LogP contribution in [0.3, 0.4) is 0 Å². The molecule has 110 valence electrons. The van der Waals surface area contributed by atoms with Crippen molar-refractivity contribution in [2.75, 3.05) is 6.61 Å². The van der Waals surface area contributed by atoms with Crippen LogP contribution in [0, 0.1) is 5.92 Å². The summed E-state index contributed by atoms with van der Waals surface area (Å²) >= 11 is 3.35. The molecule has 0 aliphatic heterocycles. The van der Waals surface area contributed by atoms with E-state index in [0.29, 0.717) is 11.7 Å². The number of carbonyl (C=O) groups is 1. The zero-order chi connectivity index (χ0) is 14.8. The highest BCUT2D eigenvalue weighted by atomic mass is 79.9. The molecule has 2 atom stereocenters. The molecule has 0 spiro atoms. The number of carbonyl (C=O) groups excluding carboxylic acids is 1. The van der Waals surface area contributed by atoms with E-state index in [2.05, 4.69) is 21.2 Å². The van der Waals surface area contributed by atoms with E-state index in [9.17, 15) is 9.90 Å². The Kier molecular flexibility index (Phi) is 4.70. The monoisotopic (exact) mass is 341 g/mol. The Morgan fingerprint density at radius 3 is 2.60 bits per heavy atom. The highest BCUT2D eigenvalue weighted by Crippen LogP contribution is 2.39. The standard InChI is InChI=1S/C15H20BrNO3/c1-10(20-13-7-5-12(16)6-8-13)14(19)17-15(2,9-18)11-3-4-11/h5-8,10-11,18H,3-4,9H2,1-2H3,(H,17,19). The predicted molar refractivity (Wildman–Crippen MR) is 80.6 cm³/mol. The Bertz CT molecular complexity index is 473. The van der Waals surface area contributed by atoms with Gasteiger partial charge in [0.25, 0.3) is 5.91 Å². The van der Waals surface area contributed by atoms with Crippen molar-refractivity contribution in [1.29, 1.82) is 0 Å². The summed E-state index contributed by atoms with van der Waals surface area (Å²) in [5.41, 5.74) is -0.533. The first-order chi connectivity index (χ1) is 9.44. The van der Waals surface area contributed by atoms with Crippen LogP contribution in [0.1, 0.15) is 26.7 Å². The molecule has 5 heteroatoms. The van der Waals surface area contributed by atoms with Crippen molar-refractivity contribution in [3.8, 4) is 5.75 Å². The number of ether oxygens (including phenoxy) is 1. The van der Waals surface area contributed by atoms with Crippen LogP contribution in [0.2, 0.25) is 0 Å². The lowest BCUT2D eigenvalue weighted by molar-refractivity contribution is -0.130. The van der Waals surface area contributed by atoms with Crippen molar-refractivity contribution < 1.29 is 14.6 Å². The van der Waals surface area contributed by atoms with Gasteiger partial charge in [0.1, 0.15) is 5.75 Å². The van der Waals surface area contributed by atoms with E-state index in [4.69, 9.17) is 4.74 Å². The zero-order valence-corrected chi connectivity index (χ0v) is 13.3. The Morgan fingerprint density at radius 2 is 2.10 bits per heavy atom. The molecule has 1 aromatic carbocycles. The third-order valence-electron chi connectivity index (χ3n) is 3.71. The Balaban J connectivity index is 1.93. The molecule has 20 heavy (non-hydrogen) atoms. The van der Waals surface area contributed by atoms with Gasteiger partial charge in [0, 0.05) is 4.47 Å². The van der Waals surface area contributed by atoms with Crippen LogP contribution in [-0.2, 0) is 4.79 Å². The maximum atomic E-state index is 12.2. The number of aliphatic hydroxyl groups excluding tert-OH is 1. The second-order valence-corrected chi connectivity index (χ2v) is 6.47. The van der Waals surface area contributed by atoms with E-state index < -0.39 is 11.6 Å². The van der Waals surface area contributed by atoms with Gasteiger partial charge >= 0.3 is 0 Å². The fourth-order valence-electron chi connectivity index (χ4n) is 2.15. The van der Waals surface area contributed by atoms with E-state index in [1.54, 1.807) is 19.1 Å². The number of nitrogens with one attached hydrogen (secondary N) is 1. The van der Waals surface area contributed by atoms with Crippen molar-refractivity contribution in [3.63, 3.8) is 0 Å². The average Bonchev–Trinajstić information content (AvgIpc) is 3.26. The Labute approximate surface area is 127 Å². The summed E-state index contributed by atoms with van der Waals surface area (Å²) in [4.78, 5) is 12.2. The molecule has 0 aromatic heterocycles. The molecule has 1 aliphatic rings. The summed E-state index contributed by atoms with van der Waals surface area (Å²) < 4.78 is 6.57. The first-order valence-electron chi connectivity index (χ1n) is 6.80. The molecule has 1 amide bonds. The minimum atomic E-state index is -0.596. The lowest BCUT2D eigenvalue weighted by atomic mass is 9.96. The van der Waals surface area contributed by atoms with Crippen molar-refractivity contribution in [2.24, 2.45) is 5.92 Å². The Morgan fingerprint density at radius 1 is 1.50 bits per heavy atom. The topological polar surface area (TPSA) is 58.6 Å². The van der Waals surface area contributed by atoms with Gasteiger partial charge in [-0.25, -0.2) is 0 Å². The van der Waals surface area contributed by atoms with E-state index >= 15 is 0 Å². The largest absolute Gasteiger partial charge is 0.481 e. The van der Waals surface area contributed by atoms with E-state index in [1.165, 1.54) is 0 Å². The van der Waals surface area contributed by atoms with Crippen LogP contribution >= 0.6 is 15.9 Å². The fraction of sp³-hybridized carbons (Fsp3) is 0.533. The van der Waals surface area contributed by atoms with Gasteiger partial charge in [-0.2, -0.15) is 0 Å². The zero-order valence-electron chi connectivity index (χ0n) is 11.7. The van der Waals surface area contributed by atoms with Crippen LogP contribution in [0.15, 0.2) is 28.7 Å². The van der Waals surface area contributed by atoms with E-state index in [0.717, 1.165) is 17.3 Å². The minimum absolute atomic E-state index is 0.0472. The second-order valence-electron chi connectivity index (χ2n) is 5.55. The third-order valence-corrected chi connectivity index (χ3v) is 4.24. The smallest absolute Gasteiger partial charge is 0.261 e.